The highest BCUT2D eigenvalue weighted by Crippen LogP contribution is 2.33. The largest absolute Gasteiger partial charge is 0.493 e. The Bertz CT molecular complexity index is 1210. The van der Waals surface area contributed by atoms with Crippen LogP contribution in [0.4, 0.5) is 18.9 Å². The highest BCUT2D eigenvalue weighted by Gasteiger charge is 2.18. The maximum Gasteiger partial charge on any atom is 0.387 e. The first-order chi connectivity index (χ1) is 16.5. The van der Waals surface area contributed by atoms with E-state index in [0.717, 1.165) is 44.1 Å². The topological polar surface area (TPSA) is 78.3 Å². The SMILES string of the molecule is COc1cccc(/C=C/C(=O)Nc2cc(-c3nnc4n3CCCCC4)ccc2F)c1OC(F)F. The summed E-state index contributed by atoms with van der Waals surface area (Å²) in [6.45, 7) is -2.29. The van der Waals surface area contributed by atoms with Crippen molar-refractivity contribution in [1.29, 1.82) is 0 Å². The molecule has 1 N–H and O–H groups in total. The third-order valence-electron chi connectivity index (χ3n) is 5.44. The molecule has 1 aliphatic rings. The van der Waals surface area contributed by atoms with Gasteiger partial charge in [-0.1, -0.05) is 18.6 Å². The number of methoxy groups -OCH3 is 1. The van der Waals surface area contributed by atoms with Crippen LogP contribution >= 0.6 is 0 Å². The number of hydrogen-bond donors (Lipinski definition) is 1. The van der Waals surface area contributed by atoms with Gasteiger partial charge in [0.2, 0.25) is 5.91 Å². The number of rotatable bonds is 7. The molecular weight excluding hydrogens is 449 g/mol. The highest BCUT2D eigenvalue weighted by atomic mass is 19.3. The first-order valence-corrected chi connectivity index (χ1v) is 10.8. The van der Waals surface area contributed by atoms with Crippen molar-refractivity contribution < 1.29 is 27.4 Å². The standard InChI is InChI=1S/C24H23F3N4O3/c1-33-19-7-5-6-15(22(19)34-24(26)27)10-12-21(32)28-18-14-16(9-11-17(18)25)23-30-29-20-8-3-2-4-13-31(20)23/h5-7,9-12,14,24H,2-4,8,13H2,1H3,(H,28,32)/b12-10+. The number of amides is 1. The molecule has 7 nitrogen and oxygen atoms in total. The van der Waals surface area contributed by atoms with Gasteiger partial charge in [-0.15, -0.1) is 10.2 Å². The number of nitrogens with one attached hydrogen (secondary N) is 1. The van der Waals surface area contributed by atoms with E-state index in [1.807, 2.05) is 4.57 Å². The Kier molecular flexibility index (Phi) is 7.15. The number of ether oxygens (including phenoxy) is 2. The van der Waals surface area contributed by atoms with Crippen LogP contribution in [0.15, 0.2) is 42.5 Å². The van der Waals surface area contributed by atoms with E-state index >= 15 is 0 Å². The van der Waals surface area contributed by atoms with Crippen molar-refractivity contribution in [3.05, 3.63) is 59.7 Å². The molecule has 4 rings (SSSR count). The minimum Gasteiger partial charge on any atom is -0.493 e. The lowest BCUT2D eigenvalue weighted by Crippen LogP contribution is -2.10. The normalized spacial score (nSPS) is 13.6. The number of carbonyl (C=O) groups is 1. The highest BCUT2D eigenvalue weighted by molar-refractivity contribution is 6.02. The fraction of sp³-hybridized carbons (Fsp3) is 0.292. The molecule has 0 fully saturated rings. The van der Waals surface area contributed by atoms with Gasteiger partial charge in [-0.25, -0.2) is 4.39 Å². The molecule has 1 aliphatic heterocycles. The number of carbonyl (C=O) groups excluding carboxylic acids is 1. The molecule has 0 bridgehead atoms. The number of halogens is 3. The van der Waals surface area contributed by atoms with Crippen molar-refractivity contribution in [1.82, 2.24) is 14.8 Å². The minimum atomic E-state index is -3.07. The Morgan fingerprint density at radius 2 is 2.03 bits per heavy atom. The van der Waals surface area contributed by atoms with E-state index in [2.05, 4.69) is 20.3 Å². The van der Waals surface area contributed by atoms with Gasteiger partial charge in [0.15, 0.2) is 17.3 Å². The molecule has 1 aromatic heterocycles. The maximum atomic E-state index is 14.4. The van der Waals surface area contributed by atoms with E-state index in [-0.39, 0.29) is 22.7 Å². The quantitative estimate of drug-likeness (QED) is 0.486. The van der Waals surface area contributed by atoms with Crippen molar-refractivity contribution in [2.75, 3.05) is 12.4 Å². The van der Waals surface area contributed by atoms with E-state index < -0.39 is 18.3 Å². The molecule has 0 spiro atoms. The molecule has 178 valence electrons. The summed E-state index contributed by atoms with van der Waals surface area (Å²) in [6.07, 6.45) is 6.39. The van der Waals surface area contributed by atoms with Crippen LogP contribution in [0, 0.1) is 5.82 Å². The summed E-state index contributed by atoms with van der Waals surface area (Å²) in [5.41, 5.74) is 0.796. The van der Waals surface area contributed by atoms with Gasteiger partial charge in [0.1, 0.15) is 11.6 Å². The number of fused-ring (bicyclic) bond motifs is 1. The number of hydrogen-bond acceptors (Lipinski definition) is 5. The molecule has 0 saturated heterocycles. The summed E-state index contributed by atoms with van der Waals surface area (Å²) in [6, 6.07) is 8.86. The van der Waals surface area contributed by atoms with Crippen LogP contribution in [0.2, 0.25) is 0 Å². The molecule has 0 atom stereocenters. The van der Waals surface area contributed by atoms with Gasteiger partial charge in [0.05, 0.1) is 12.8 Å². The molecule has 1 amide bonds. The van der Waals surface area contributed by atoms with Crippen LogP contribution < -0.4 is 14.8 Å². The zero-order valence-corrected chi connectivity index (χ0v) is 18.4. The van der Waals surface area contributed by atoms with Crippen LogP contribution in [0.3, 0.4) is 0 Å². The average molecular weight is 472 g/mol. The molecule has 3 aromatic rings. The number of alkyl halides is 2. The predicted molar refractivity (Wildman–Crippen MR) is 120 cm³/mol. The third kappa shape index (κ3) is 5.22. The smallest absolute Gasteiger partial charge is 0.387 e. The molecule has 0 aliphatic carbocycles. The average Bonchev–Trinajstić information content (AvgIpc) is 3.07. The van der Waals surface area contributed by atoms with Crippen molar-refractivity contribution in [2.45, 2.75) is 38.8 Å². The van der Waals surface area contributed by atoms with Crippen LogP contribution in [0.25, 0.3) is 17.5 Å². The Hall–Kier alpha value is -3.82. The molecule has 0 saturated carbocycles. The van der Waals surface area contributed by atoms with E-state index in [1.54, 1.807) is 12.1 Å². The number of aryl methyl sites for hydroxylation is 1. The summed E-state index contributed by atoms with van der Waals surface area (Å²) in [5, 5.41) is 11.0. The van der Waals surface area contributed by atoms with E-state index in [0.29, 0.717) is 11.4 Å². The Morgan fingerprint density at radius 3 is 2.82 bits per heavy atom. The predicted octanol–water partition coefficient (Wildman–Crippen LogP) is 5.07. The Labute approximate surface area is 194 Å². The molecule has 10 heteroatoms. The van der Waals surface area contributed by atoms with Gasteiger partial charge in [-0.05, 0) is 43.2 Å². The number of anilines is 1. The molecular formula is C24H23F3N4O3. The summed E-state index contributed by atoms with van der Waals surface area (Å²) >= 11 is 0. The van der Waals surface area contributed by atoms with E-state index in [1.165, 1.54) is 37.5 Å². The first kappa shape index (κ1) is 23.3. The van der Waals surface area contributed by atoms with Crippen molar-refractivity contribution in [3.8, 4) is 22.9 Å². The van der Waals surface area contributed by atoms with Crippen LogP contribution in [0.5, 0.6) is 11.5 Å². The third-order valence-corrected chi connectivity index (χ3v) is 5.44. The minimum absolute atomic E-state index is 0.0344. The monoisotopic (exact) mass is 472 g/mol. The summed E-state index contributed by atoms with van der Waals surface area (Å²) < 4.78 is 51.6. The van der Waals surface area contributed by atoms with Gasteiger partial charge < -0.3 is 19.4 Å². The summed E-state index contributed by atoms with van der Waals surface area (Å²) in [5.74, 6) is 0.128. The lowest BCUT2D eigenvalue weighted by Gasteiger charge is -2.12. The van der Waals surface area contributed by atoms with Gasteiger partial charge in [-0.2, -0.15) is 8.78 Å². The van der Waals surface area contributed by atoms with E-state index in [4.69, 9.17) is 4.74 Å². The maximum absolute atomic E-state index is 14.4. The second-order valence-electron chi connectivity index (χ2n) is 7.68. The second-order valence-corrected chi connectivity index (χ2v) is 7.68. The lowest BCUT2D eigenvalue weighted by atomic mass is 10.1. The first-order valence-electron chi connectivity index (χ1n) is 10.8. The van der Waals surface area contributed by atoms with Crippen molar-refractivity contribution >= 4 is 17.7 Å². The summed E-state index contributed by atoms with van der Waals surface area (Å²) in [4.78, 5) is 12.5. The zero-order valence-electron chi connectivity index (χ0n) is 18.4. The van der Waals surface area contributed by atoms with Crippen LogP contribution in [0.1, 0.15) is 30.7 Å². The van der Waals surface area contributed by atoms with Gasteiger partial charge in [0, 0.05) is 30.2 Å². The van der Waals surface area contributed by atoms with Crippen LogP contribution in [-0.2, 0) is 17.8 Å². The van der Waals surface area contributed by atoms with Gasteiger partial charge >= 0.3 is 6.61 Å². The number of para-hydroxylation sites is 1. The molecule has 0 radical (unpaired) electrons. The lowest BCUT2D eigenvalue weighted by molar-refractivity contribution is -0.111. The molecule has 0 unspecified atom stereocenters. The fourth-order valence-electron chi connectivity index (χ4n) is 3.84. The molecule has 2 aromatic carbocycles. The van der Waals surface area contributed by atoms with Crippen molar-refractivity contribution in [2.24, 2.45) is 0 Å². The Morgan fingerprint density at radius 1 is 1.18 bits per heavy atom. The number of aromatic nitrogens is 3. The summed E-state index contributed by atoms with van der Waals surface area (Å²) in [7, 11) is 1.32. The number of benzene rings is 2. The molecule has 2 heterocycles. The van der Waals surface area contributed by atoms with Gasteiger partial charge in [-0.3, -0.25) is 4.79 Å². The van der Waals surface area contributed by atoms with Crippen molar-refractivity contribution in [3.63, 3.8) is 0 Å². The van der Waals surface area contributed by atoms with E-state index in [9.17, 15) is 18.0 Å². The number of nitrogens with zero attached hydrogens (tertiary/aromatic N) is 3. The van der Waals surface area contributed by atoms with Crippen LogP contribution in [-0.4, -0.2) is 34.4 Å². The zero-order chi connectivity index (χ0) is 24.1. The fourth-order valence-corrected chi connectivity index (χ4v) is 3.84. The molecule has 34 heavy (non-hydrogen) atoms. The second kappa shape index (κ2) is 10.4. The van der Waals surface area contributed by atoms with Gasteiger partial charge in [0.25, 0.3) is 0 Å². The Balaban J connectivity index is 1.55.